The summed E-state index contributed by atoms with van der Waals surface area (Å²) in [6.45, 7) is 0. The fourth-order valence-corrected chi connectivity index (χ4v) is 1.46. The van der Waals surface area contributed by atoms with Gasteiger partial charge < -0.3 is 14.2 Å². The highest BCUT2D eigenvalue weighted by Gasteiger charge is 2.12. The molecule has 0 fully saturated rings. The largest absolute Gasteiger partial charge is 0.493 e. The molecule has 1 aromatic carbocycles. The van der Waals surface area contributed by atoms with Gasteiger partial charge >= 0.3 is 0 Å². The quantitative estimate of drug-likeness (QED) is 0.451. The maximum Gasteiger partial charge on any atom is 0.203 e. The van der Waals surface area contributed by atoms with Crippen LogP contribution in [0.5, 0.6) is 17.2 Å². The summed E-state index contributed by atoms with van der Waals surface area (Å²) in [7, 11) is 4.49. The molecule has 5 heteroatoms. The van der Waals surface area contributed by atoms with Gasteiger partial charge in [0.25, 0.3) is 0 Å². The molecule has 0 atom stereocenters. The molecule has 94 valence electrons. The summed E-state index contributed by atoms with van der Waals surface area (Å²) in [6.07, 6.45) is 1.93. The second kappa shape index (κ2) is 6.30. The van der Waals surface area contributed by atoms with Crippen molar-refractivity contribution >= 4 is 12.4 Å². The van der Waals surface area contributed by atoms with Gasteiger partial charge in [-0.3, -0.25) is 4.79 Å². The number of ether oxygens (including phenoxy) is 3. The third kappa shape index (κ3) is 2.80. The van der Waals surface area contributed by atoms with Crippen LogP contribution in [0.4, 0.5) is 0 Å². The van der Waals surface area contributed by atoms with Crippen molar-refractivity contribution in [2.45, 2.75) is 0 Å². The molecule has 18 heavy (non-hydrogen) atoms. The van der Waals surface area contributed by atoms with Gasteiger partial charge in [-0.2, -0.15) is 5.26 Å². The summed E-state index contributed by atoms with van der Waals surface area (Å²) in [5.41, 5.74) is 0.637. The average molecular weight is 247 g/mol. The van der Waals surface area contributed by atoms with Gasteiger partial charge in [0.2, 0.25) is 5.75 Å². The van der Waals surface area contributed by atoms with E-state index in [2.05, 4.69) is 0 Å². The summed E-state index contributed by atoms with van der Waals surface area (Å²) >= 11 is 0. The third-order valence-corrected chi connectivity index (χ3v) is 2.27. The lowest BCUT2D eigenvalue weighted by Gasteiger charge is -2.12. The Bertz CT molecular complexity index is 489. The molecule has 0 amide bonds. The molecular weight excluding hydrogens is 234 g/mol. The van der Waals surface area contributed by atoms with Crippen molar-refractivity contribution in [3.8, 4) is 23.3 Å². The van der Waals surface area contributed by atoms with E-state index in [9.17, 15) is 4.79 Å². The van der Waals surface area contributed by atoms with E-state index < -0.39 is 0 Å². The number of nitrogens with zero attached hydrogens (tertiary/aromatic N) is 1. The van der Waals surface area contributed by atoms with Crippen molar-refractivity contribution in [3.63, 3.8) is 0 Å². The van der Waals surface area contributed by atoms with Crippen LogP contribution in [0.2, 0.25) is 0 Å². The van der Waals surface area contributed by atoms with Crippen molar-refractivity contribution in [2.75, 3.05) is 21.3 Å². The molecular formula is C13H13NO4. The fraction of sp³-hybridized carbons (Fsp3) is 0.231. The van der Waals surface area contributed by atoms with Crippen LogP contribution in [0.3, 0.4) is 0 Å². The highest BCUT2D eigenvalue weighted by Crippen LogP contribution is 2.38. The third-order valence-electron chi connectivity index (χ3n) is 2.27. The van der Waals surface area contributed by atoms with Crippen LogP contribution in [0.1, 0.15) is 5.56 Å². The zero-order valence-corrected chi connectivity index (χ0v) is 10.4. The van der Waals surface area contributed by atoms with Gasteiger partial charge in [-0.05, 0) is 23.8 Å². The minimum absolute atomic E-state index is 0.0178. The lowest BCUT2D eigenvalue weighted by Crippen LogP contribution is -1.95. The molecule has 0 aliphatic heterocycles. The van der Waals surface area contributed by atoms with Crippen LogP contribution in [-0.4, -0.2) is 27.6 Å². The number of methoxy groups -OCH3 is 3. The van der Waals surface area contributed by atoms with Crippen LogP contribution in [-0.2, 0) is 4.79 Å². The Balaban J connectivity index is 3.37. The minimum Gasteiger partial charge on any atom is -0.493 e. The number of rotatable bonds is 5. The maximum atomic E-state index is 10.6. The predicted molar refractivity (Wildman–Crippen MR) is 65.8 cm³/mol. The Morgan fingerprint density at radius 1 is 1.17 bits per heavy atom. The lowest BCUT2D eigenvalue weighted by molar-refractivity contribution is -0.104. The number of benzene rings is 1. The smallest absolute Gasteiger partial charge is 0.203 e. The van der Waals surface area contributed by atoms with E-state index in [1.807, 2.05) is 0 Å². The molecule has 0 saturated heterocycles. The van der Waals surface area contributed by atoms with Crippen LogP contribution in [0.15, 0.2) is 17.7 Å². The fourth-order valence-electron chi connectivity index (χ4n) is 1.46. The first-order valence-electron chi connectivity index (χ1n) is 5.07. The van der Waals surface area contributed by atoms with Crippen LogP contribution in [0, 0.1) is 11.3 Å². The van der Waals surface area contributed by atoms with E-state index in [0.717, 1.165) is 0 Å². The van der Waals surface area contributed by atoms with Crippen molar-refractivity contribution in [2.24, 2.45) is 0 Å². The number of carbonyl (C=O) groups excluding carboxylic acids is 1. The minimum atomic E-state index is 0.0178. The van der Waals surface area contributed by atoms with E-state index in [-0.39, 0.29) is 5.57 Å². The number of nitriles is 1. The molecule has 0 spiro atoms. The lowest BCUT2D eigenvalue weighted by atomic mass is 10.1. The zero-order valence-electron chi connectivity index (χ0n) is 10.4. The SMILES string of the molecule is COc1cc(C=C(C#N)C=O)cc(OC)c1OC. The summed E-state index contributed by atoms with van der Waals surface area (Å²) in [4.78, 5) is 10.6. The summed E-state index contributed by atoms with van der Waals surface area (Å²) in [5, 5.41) is 8.70. The zero-order chi connectivity index (χ0) is 13.5. The van der Waals surface area contributed by atoms with Gasteiger partial charge in [0.15, 0.2) is 17.8 Å². The first-order valence-corrected chi connectivity index (χ1v) is 5.07. The molecule has 1 rings (SSSR count). The number of aldehydes is 1. The van der Waals surface area contributed by atoms with Gasteiger partial charge in [0.05, 0.1) is 26.9 Å². The van der Waals surface area contributed by atoms with Crippen molar-refractivity contribution in [1.82, 2.24) is 0 Å². The molecule has 0 heterocycles. The van der Waals surface area contributed by atoms with Crippen LogP contribution in [0.25, 0.3) is 6.08 Å². The summed E-state index contributed by atoms with van der Waals surface area (Å²) < 4.78 is 15.5. The highest BCUT2D eigenvalue weighted by atomic mass is 16.5. The van der Waals surface area contributed by atoms with Crippen LogP contribution >= 0.6 is 0 Å². The standard InChI is InChI=1S/C13H13NO4/c1-16-11-5-9(4-10(7-14)8-15)6-12(17-2)13(11)18-3/h4-6,8H,1-3H3. The Morgan fingerprint density at radius 3 is 2.06 bits per heavy atom. The Morgan fingerprint density at radius 2 is 1.72 bits per heavy atom. The normalized spacial score (nSPS) is 10.4. The monoisotopic (exact) mass is 247 g/mol. The summed E-state index contributed by atoms with van der Waals surface area (Å²) in [5.74, 6) is 1.39. The van der Waals surface area contributed by atoms with E-state index in [4.69, 9.17) is 19.5 Å². The number of hydrogen-bond donors (Lipinski definition) is 0. The van der Waals surface area contributed by atoms with Crippen molar-refractivity contribution in [3.05, 3.63) is 23.3 Å². The van der Waals surface area contributed by atoms with Crippen molar-refractivity contribution < 1.29 is 19.0 Å². The van der Waals surface area contributed by atoms with E-state index in [0.29, 0.717) is 29.1 Å². The molecule has 0 bridgehead atoms. The average Bonchev–Trinajstić information content (AvgIpc) is 2.43. The second-order valence-electron chi connectivity index (χ2n) is 3.29. The molecule has 0 saturated carbocycles. The highest BCUT2D eigenvalue weighted by molar-refractivity contribution is 5.87. The van der Waals surface area contributed by atoms with Crippen molar-refractivity contribution in [1.29, 1.82) is 5.26 Å². The molecule has 1 aromatic rings. The Hall–Kier alpha value is -2.48. The van der Waals surface area contributed by atoms with Gasteiger partial charge in [0.1, 0.15) is 6.07 Å². The molecule has 0 aliphatic rings. The van der Waals surface area contributed by atoms with E-state index >= 15 is 0 Å². The Kier molecular flexibility index (Phi) is 4.76. The van der Waals surface area contributed by atoms with Gasteiger partial charge in [-0.1, -0.05) is 0 Å². The molecule has 0 unspecified atom stereocenters. The van der Waals surface area contributed by atoms with Gasteiger partial charge in [-0.25, -0.2) is 0 Å². The first kappa shape index (κ1) is 13.6. The van der Waals surface area contributed by atoms with Crippen LogP contribution < -0.4 is 14.2 Å². The topological polar surface area (TPSA) is 68.5 Å². The van der Waals surface area contributed by atoms with Gasteiger partial charge in [0, 0.05) is 0 Å². The number of hydrogen-bond acceptors (Lipinski definition) is 5. The number of carbonyl (C=O) groups is 1. The van der Waals surface area contributed by atoms with E-state index in [1.54, 1.807) is 18.2 Å². The molecule has 0 N–H and O–H groups in total. The van der Waals surface area contributed by atoms with E-state index in [1.165, 1.54) is 27.4 Å². The first-order chi connectivity index (χ1) is 8.69. The molecule has 5 nitrogen and oxygen atoms in total. The summed E-state index contributed by atoms with van der Waals surface area (Å²) in [6, 6.07) is 5.09. The molecule has 0 aliphatic carbocycles. The second-order valence-corrected chi connectivity index (χ2v) is 3.29. The number of allylic oxidation sites excluding steroid dienone is 1. The predicted octanol–water partition coefficient (Wildman–Crippen LogP) is 1.82. The maximum absolute atomic E-state index is 10.6. The molecule has 0 aromatic heterocycles. The Labute approximate surface area is 105 Å². The molecule has 0 radical (unpaired) electrons. The van der Waals surface area contributed by atoms with Gasteiger partial charge in [-0.15, -0.1) is 0 Å².